The molecule has 0 nitrogen and oxygen atoms in total. The van der Waals surface area contributed by atoms with Crippen LogP contribution in [-0.4, -0.2) is 3.21 Å². The molecule has 0 amide bonds. The number of halogens is 4. The van der Waals surface area contributed by atoms with Crippen molar-refractivity contribution in [1.82, 2.24) is 0 Å². The average Bonchev–Trinajstić information content (AvgIpc) is 3.72. The Morgan fingerprint density at radius 3 is 1.38 bits per heavy atom. The third-order valence-corrected chi connectivity index (χ3v) is 21.2. The van der Waals surface area contributed by atoms with Gasteiger partial charge < -0.3 is 24.8 Å². The van der Waals surface area contributed by atoms with Gasteiger partial charge in [0.25, 0.3) is 0 Å². The van der Waals surface area contributed by atoms with E-state index >= 15 is 0 Å². The summed E-state index contributed by atoms with van der Waals surface area (Å²) in [6.45, 7) is 24.0. The minimum Gasteiger partial charge on any atom is -1.00 e. The van der Waals surface area contributed by atoms with Crippen molar-refractivity contribution in [1.29, 1.82) is 0 Å². The van der Waals surface area contributed by atoms with Crippen molar-refractivity contribution in [2.75, 3.05) is 0 Å². The fourth-order valence-electron chi connectivity index (χ4n) is 8.27. The summed E-state index contributed by atoms with van der Waals surface area (Å²) in [6.07, 6.45) is 10.7. The Hall–Kier alpha value is -1.73. The standard InChI is InChI=1S/C33H31Cl2.C9H18.C5H5.2ClH.Zr/c1-32(2,3)30-18-26-22(16-28(30)20-7-11-24(34)12-8-20)15-23-17-29(21-9-13-25(35)14-10-21)31(19-27(23)26)33(4,5)6;1-5-8(3)7-9(4)6-2;1-2-4-5-3-1;;;/h7-19H,1-6H3;8-9H,5-6H2,1-4H3;1-3H,4H2;2*1H;/q;;;;;+2/p-2. The molecule has 274 valence electrons. The average molecular weight is 852 g/mol. The Balaban J connectivity index is 0.00000302. The molecule has 0 fully saturated rings. The van der Waals surface area contributed by atoms with Gasteiger partial charge in [0, 0.05) is 0 Å². The van der Waals surface area contributed by atoms with Gasteiger partial charge in [0.15, 0.2) is 0 Å². The molecule has 0 saturated heterocycles. The van der Waals surface area contributed by atoms with Crippen molar-refractivity contribution in [2.45, 2.75) is 103 Å². The minimum atomic E-state index is -2.63. The molecule has 4 aromatic carbocycles. The van der Waals surface area contributed by atoms with Crippen LogP contribution in [0.25, 0.3) is 33.4 Å². The van der Waals surface area contributed by atoms with Crippen LogP contribution in [0.3, 0.4) is 0 Å². The molecule has 2 unspecified atom stereocenters. The predicted octanol–water partition coefficient (Wildman–Crippen LogP) is 8.73. The van der Waals surface area contributed by atoms with E-state index in [0.29, 0.717) is 15.5 Å². The second-order valence-electron chi connectivity index (χ2n) is 16.7. The molecule has 0 bridgehead atoms. The summed E-state index contributed by atoms with van der Waals surface area (Å²) in [5.74, 6) is 1.20. The smallest absolute Gasteiger partial charge is 1.00 e. The van der Waals surface area contributed by atoms with E-state index in [1.54, 1.807) is 3.28 Å². The van der Waals surface area contributed by atoms with Crippen LogP contribution in [-0.2, 0) is 32.1 Å². The molecule has 4 aromatic rings. The van der Waals surface area contributed by atoms with Crippen molar-refractivity contribution in [2.24, 2.45) is 11.8 Å². The minimum absolute atomic E-state index is 0. The van der Waals surface area contributed by atoms with Gasteiger partial charge in [-0.1, -0.05) is 0 Å². The molecule has 0 spiro atoms. The molecule has 0 aliphatic heterocycles. The van der Waals surface area contributed by atoms with Crippen molar-refractivity contribution in [3.05, 3.63) is 127 Å². The van der Waals surface area contributed by atoms with Gasteiger partial charge in [0.05, 0.1) is 0 Å². The molecule has 2 atom stereocenters. The zero-order valence-electron chi connectivity index (χ0n) is 32.5. The van der Waals surface area contributed by atoms with Gasteiger partial charge in [-0.2, -0.15) is 0 Å². The molecule has 6 rings (SSSR count). The maximum absolute atomic E-state index is 6.45. The summed E-state index contributed by atoms with van der Waals surface area (Å²) in [5.41, 5.74) is 13.8. The third-order valence-electron chi connectivity index (χ3n) is 11.2. The maximum Gasteiger partial charge on any atom is -1.00 e. The van der Waals surface area contributed by atoms with Gasteiger partial charge in [-0.25, -0.2) is 0 Å². The summed E-state index contributed by atoms with van der Waals surface area (Å²) >= 11 is 10.3. The second-order valence-corrected chi connectivity index (χ2v) is 24.1. The van der Waals surface area contributed by atoms with Crippen LogP contribution >= 0.6 is 23.2 Å². The van der Waals surface area contributed by atoms with E-state index in [2.05, 4.69) is 136 Å². The van der Waals surface area contributed by atoms with E-state index in [1.165, 1.54) is 68.5 Å². The first-order valence-corrected chi connectivity index (χ1v) is 23.3. The first kappa shape index (κ1) is 43.0. The Kier molecular flexibility index (Phi) is 14.0. The van der Waals surface area contributed by atoms with Crippen LogP contribution in [0.15, 0.2) is 94.3 Å². The molecule has 0 N–H and O–H groups in total. The molecule has 0 heterocycles. The quantitative estimate of drug-likeness (QED) is 0.167. The number of hydrogen-bond acceptors (Lipinski definition) is 0. The number of allylic oxidation sites excluding steroid dienone is 4. The van der Waals surface area contributed by atoms with Crippen molar-refractivity contribution < 1.29 is 46.1 Å². The fraction of sp³-hybridized carbons (Fsp3) is 0.383. The van der Waals surface area contributed by atoms with Gasteiger partial charge in [0.1, 0.15) is 0 Å². The molecular weight excluding hydrogens is 798 g/mol. The zero-order valence-corrected chi connectivity index (χ0v) is 38.0. The molecule has 0 saturated carbocycles. The van der Waals surface area contributed by atoms with Crippen LogP contribution in [0.1, 0.15) is 114 Å². The van der Waals surface area contributed by atoms with Gasteiger partial charge in [-0.3, -0.25) is 0 Å². The van der Waals surface area contributed by atoms with Crippen LogP contribution < -0.4 is 24.8 Å². The van der Waals surface area contributed by atoms with Crippen molar-refractivity contribution >= 4 is 26.4 Å². The zero-order chi connectivity index (χ0) is 36.1. The first-order chi connectivity index (χ1) is 23.6. The number of rotatable bonds is 8. The third kappa shape index (κ3) is 8.41. The van der Waals surface area contributed by atoms with E-state index in [1.807, 2.05) is 27.5 Å². The topological polar surface area (TPSA) is 0 Å². The largest absolute Gasteiger partial charge is 1.00 e. The van der Waals surface area contributed by atoms with E-state index in [-0.39, 0.29) is 35.6 Å². The fourth-order valence-corrected chi connectivity index (χ4v) is 19.0. The summed E-state index contributed by atoms with van der Waals surface area (Å²) in [7, 11) is 0. The predicted molar refractivity (Wildman–Crippen MR) is 218 cm³/mol. The van der Waals surface area contributed by atoms with E-state index in [9.17, 15) is 0 Å². The van der Waals surface area contributed by atoms with Gasteiger partial charge in [-0.15, -0.1) is 0 Å². The van der Waals surface area contributed by atoms with Gasteiger partial charge in [-0.05, 0) is 0 Å². The normalized spacial score (nSPS) is 14.7. The van der Waals surface area contributed by atoms with E-state index < -0.39 is 21.3 Å². The molecule has 0 aromatic heterocycles. The molecule has 5 heteroatoms. The second kappa shape index (κ2) is 17.0. The molecule has 2 aliphatic carbocycles. The number of fused-ring (bicyclic) bond motifs is 3. The molecule has 2 aliphatic rings. The number of benzene rings is 4. The molecule has 52 heavy (non-hydrogen) atoms. The van der Waals surface area contributed by atoms with Crippen LogP contribution in [0.2, 0.25) is 10.0 Å². The van der Waals surface area contributed by atoms with Gasteiger partial charge in [0.2, 0.25) is 0 Å². The Labute approximate surface area is 344 Å². The summed E-state index contributed by atoms with van der Waals surface area (Å²) in [6, 6.07) is 27.5. The van der Waals surface area contributed by atoms with Crippen LogP contribution in [0, 0.1) is 11.8 Å². The van der Waals surface area contributed by atoms with Crippen molar-refractivity contribution in [3.63, 3.8) is 0 Å². The Morgan fingerprint density at radius 2 is 1.06 bits per heavy atom. The van der Waals surface area contributed by atoms with E-state index in [4.69, 9.17) is 23.2 Å². The van der Waals surface area contributed by atoms with E-state index in [0.717, 1.165) is 16.5 Å². The van der Waals surface area contributed by atoms with Crippen molar-refractivity contribution in [3.8, 4) is 33.4 Å². The number of hydrogen-bond donors (Lipinski definition) is 0. The molecular formula is C47H54Cl4Zr. The summed E-state index contributed by atoms with van der Waals surface area (Å²) in [5, 5.41) is 1.55. The van der Waals surface area contributed by atoms with Gasteiger partial charge >= 0.3 is 322 Å². The SMILES string of the molecule is CCC(C)[C](C(C)CC)=[Zr+2]([C]1=CC=CC1)[CH]1c2cc(-c3ccc(Cl)cc3)c(C(C)(C)C)cc2-c2cc(C(C)(C)C)c(-c3ccc(Cl)cc3)cc21.[Cl-].[Cl-]. The van der Waals surface area contributed by atoms with Crippen LogP contribution in [0.5, 0.6) is 0 Å². The molecule has 0 radical (unpaired) electrons. The summed E-state index contributed by atoms with van der Waals surface area (Å²) in [4.78, 5) is 0. The summed E-state index contributed by atoms with van der Waals surface area (Å²) < 4.78 is 4.04. The Bertz CT molecular complexity index is 1880. The monoisotopic (exact) mass is 848 g/mol. The first-order valence-electron chi connectivity index (χ1n) is 18.6. The maximum atomic E-state index is 6.45. The Morgan fingerprint density at radius 1 is 0.654 bits per heavy atom. The van der Waals surface area contributed by atoms with Crippen LogP contribution in [0.4, 0.5) is 0 Å².